The molecule has 3 heteroatoms. The Morgan fingerprint density at radius 2 is 2.33 bits per heavy atom. The van der Waals surface area contributed by atoms with E-state index < -0.39 is 0 Å². The number of furan rings is 1. The van der Waals surface area contributed by atoms with Gasteiger partial charge < -0.3 is 9.32 Å². The van der Waals surface area contributed by atoms with Crippen molar-refractivity contribution < 1.29 is 9.21 Å². The molecule has 0 N–H and O–H groups in total. The van der Waals surface area contributed by atoms with Crippen LogP contribution >= 0.6 is 0 Å². The molecule has 0 saturated heterocycles. The molecule has 0 unspecified atom stereocenters. The fourth-order valence-electron chi connectivity index (χ4n) is 0.909. The number of carbonyl (C=O) groups is 1. The Kier molecular flexibility index (Phi) is 2.91. The zero-order chi connectivity index (χ0) is 8.97. The monoisotopic (exact) mass is 167 g/mol. The first kappa shape index (κ1) is 8.84. The van der Waals surface area contributed by atoms with Crippen molar-refractivity contribution in [1.29, 1.82) is 0 Å². The summed E-state index contributed by atoms with van der Waals surface area (Å²) >= 11 is 0. The molecule has 0 aliphatic heterocycles. The van der Waals surface area contributed by atoms with E-state index in [-0.39, 0.29) is 5.91 Å². The third kappa shape index (κ3) is 2.42. The number of nitrogens with zero attached hydrogens (tertiary/aromatic N) is 1. The molecule has 1 heterocycles. The average Bonchev–Trinajstić information content (AvgIpc) is 2.51. The van der Waals surface area contributed by atoms with Crippen LogP contribution in [0.25, 0.3) is 0 Å². The second-order valence-corrected chi connectivity index (χ2v) is 2.87. The van der Waals surface area contributed by atoms with Crippen molar-refractivity contribution >= 4 is 5.91 Å². The quantitative estimate of drug-likeness (QED) is 0.679. The molecule has 0 aromatic carbocycles. The molecule has 1 aromatic rings. The fourth-order valence-corrected chi connectivity index (χ4v) is 0.909. The van der Waals surface area contributed by atoms with E-state index in [4.69, 9.17) is 4.42 Å². The van der Waals surface area contributed by atoms with Crippen molar-refractivity contribution in [2.45, 2.75) is 12.8 Å². The highest BCUT2D eigenvalue weighted by molar-refractivity contribution is 5.75. The first-order valence-corrected chi connectivity index (χ1v) is 3.92. The number of hydrogen-bond acceptors (Lipinski definition) is 2. The number of aryl methyl sites for hydroxylation is 1. The lowest BCUT2D eigenvalue weighted by atomic mass is 10.2. The summed E-state index contributed by atoms with van der Waals surface area (Å²) in [6.07, 6.45) is 2.82. The van der Waals surface area contributed by atoms with Crippen molar-refractivity contribution in [1.82, 2.24) is 4.90 Å². The van der Waals surface area contributed by atoms with Gasteiger partial charge in [0.05, 0.1) is 6.26 Å². The molecular weight excluding hydrogens is 154 g/mol. The van der Waals surface area contributed by atoms with Crippen LogP contribution in [-0.4, -0.2) is 24.9 Å². The Morgan fingerprint density at radius 3 is 2.83 bits per heavy atom. The molecule has 0 atom stereocenters. The third-order valence-corrected chi connectivity index (χ3v) is 1.66. The maximum absolute atomic E-state index is 11.1. The Balaban J connectivity index is 2.32. The summed E-state index contributed by atoms with van der Waals surface area (Å²) in [5, 5.41) is 0. The maximum atomic E-state index is 11.1. The molecule has 3 nitrogen and oxygen atoms in total. The van der Waals surface area contributed by atoms with E-state index in [0.29, 0.717) is 12.8 Å². The summed E-state index contributed by atoms with van der Waals surface area (Å²) in [6, 6.07) is 3.71. The predicted octanol–water partition coefficient (Wildman–Crippen LogP) is 1.30. The van der Waals surface area contributed by atoms with Gasteiger partial charge in [-0.1, -0.05) is 0 Å². The van der Waals surface area contributed by atoms with E-state index in [0.717, 1.165) is 5.76 Å². The minimum atomic E-state index is 0.131. The highest BCUT2D eigenvalue weighted by atomic mass is 16.3. The Morgan fingerprint density at radius 1 is 1.58 bits per heavy atom. The third-order valence-electron chi connectivity index (χ3n) is 1.66. The van der Waals surface area contributed by atoms with Crippen LogP contribution < -0.4 is 0 Å². The van der Waals surface area contributed by atoms with Crippen LogP contribution in [0.5, 0.6) is 0 Å². The van der Waals surface area contributed by atoms with Crippen LogP contribution in [0.4, 0.5) is 0 Å². The van der Waals surface area contributed by atoms with Crippen molar-refractivity contribution in [3.63, 3.8) is 0 Å². The second kappa shape index (κ2) is 3.95. The lowest BCUT2D eigenvalue weighted by Crippen LogP contribution is -2.21. The summed E-state index contributed by atoms with van der Waals surface area (Å²) in [7, 11) is 3.51. The van der Waals surface area contributed by atoms with Crippen LogP contribution in [-0.2, 0) is 11.2 Å². The summed E-state index contributed by atoms with van der Waals surface area (Å²) in [5.74, 6) is 0.997. The second-order valence-electron chi connectivity index (χ2n) is 2.87. The van der Waals surface area contributed by atoms with Crippen LogP contribution in [0.2, 0.25) is 0 Å². The Hall–Kier alpha value is -1.25. The molecule has 0 aliphatic rings. The smallest absolute Gasteiger partial charge is 0.222 e. The first-order valence-electron chi connectivity index (χ1n) is 3.92. The molecule has 0 radical (unpaired) electrons. The standard InChI is InChI=1S/C9H13NO2/c1-10(2)9(11)6-5-8-4-3-7-12-8/h3-4,7H,5-6H2,1-2H3. The molecule has 1 amide bonds. The lowest BCUT2D eigenvalue weighted by molar-refractivity contribution is -0.128. The molecule has 0 fully saturated rings. The SMILES string of the molecule is CN(C)C(=O)CCc1ccco1. The van der Waals surface area contributed by atoms with E-state index in [2.05, 4.69) is 0 Å². The molecule has 0 bridgehead atoms. The average molecular weight is 167 g/mol. The van der Waals surface area contributed by atoms with Gasteiger partial charge in [-0.2, -0.15) is 0 Å². The van der Waals surface area contributed by atoms with E-state index in [1.54, 1.807) is 25.3 Å². The highest BCUT2D eigenvalue weighted by Crippen LogP contribution is 2.04. The van der Waals surface area contributed by atoms with Gasteiger partial charge in [0.2, 0.25) is 5.91 Å². The molecular formula is C9H13NO2. The zero-order valence-electron chi connectivity index (χ0n) is 7.41. The van der Waals surface area contributed by atoms with Crippen molar-refractivity contribution in [3.05, 3.63) is 24.2 Å². The lowest BCUT2D eigenvalue weighted by Gasteiger charge is -2.08. The highest BCUT2D eigenvalue weighted by Gasteiger charge is 2.04. The normalized spacial score (nSPS) is 9.83. The van der Waals surface area contributed by atoms with Gasteiger partial charge in [-0.15, -0.1) is 0 Å². The van der Waals surface area contributed by atoms with Crippen molar-refractivity contribution in [3.8, 4) is 0 Å². The first-order chi connectivity index (χ1) is 5.70. The number of amides is 1. The van der Waals surface area contributed by atoms with E-state index >= 15 is 0 Å². The minimum absolute atomic E-state index is 0.131. The molecule has 1 rings (SSSR count). The number of hydrogen-bond donors (Lipinski definition) is 0. The number of carbonyl (C=O) groups excluding carboxylic acids is 1. The summed E-state index contributed by atoms with van der Waals surface area (Å²) < 4.78 is 5.09. The number of rotatable bonds is 3. The van der Waals surface area contributed by atoms with Crippen molar-refractivity contribution in [2.75, 3.05) is 14.1 Å². The van der Waals surface area contributed by atoms with Crippen LogP contribution in [0, 0.1) is 0 Å². The summed E-state index contributed by atoms with van der Waals surface area (Å²) in [5.41, 5.74) is 0. The van der Waals surface area contributed by atoms with Gasteiger partial charge in [0.1, 0.15) is 5.76 Å². The van der Waals surface area contributed by atoms with E-state index in [9.17, 15) is 4.79 Å². The maximum Gasteiger partial charge on any atom is 0.222 e. The van der Waals surface area contributed by atoms with Gasteiger partial charge >= 0.3 is 0 Å². The van der Waals surface area contributed by atoms with Crippen LogP contribution in [0.1, 0.15) is 12.2 Å². The fraction of sp³-hybridized carbons (Fsp3) is 0.444. The van der Waals surface area contributed by atoms with E-state index in [1.807, 2.05) is 12.1 Å². The Bertz CT molecular complexity index is 239. The summed E-state index contributed by atoms with van der Waals surface area (Å²) in [4.78, 5) is 12.7. The Labute approximate surface area is 72.0 Å². The van der Waals surface area contributed by atoms with Gasteiger partial charge in [-0.3, -0.25) is 4.79 Å². The van der Waals surface area contributed by atoms with Gasteiger partial charge in [-0.05, 0) is 12.1 Å². The van der Waals surface area contributed by atoms with Gasteiger partial charge in [0.15, 0.2) is 0 Å². The van der Waals surface area contributed by atoms with Crippen LogP contribution in [0.15, 0.2) is 22.8 Å². The molecule has 0 spiro atoms. The molecule has 66 valence electrons. The summed E-state index contributed by atoms with van der Waals surface area (Å²) in [6.45, 7) is 0. The molecule has 0 saturated carbocycles. The largest absolute Gasteiger partial charge is 0.469 e. The molecule has 1 aromatic heterocycles. The molecule has 0 aliphatic carbocycles. The predicted molar refractivity (Wildman–Crippen MR) is 45.7 cm³/mol. The van der Waals surface area contributed by atoms with Gasteiger partial charge in [0.25, 0.3) is 0 Å². The minimum Gasteiger partial charge on any atom is -0.469 e. The van der Waals surface area contributed by atoms with Crippen LogP contribution in [0.3, 0.4) is 0 Å². The molecule has 12 heavy (non-hydrogen) atoms. The topological polar surface area (TPSA) is 33.5 Å². The zero-order valence-corrected chi connectivity index (χ0v) is 7.41. The van der Waals surface area contributed by atoms with Gasteiger partial charge in [-0.25, -0.2) is 0 Å². The van der Waals surface area contributed by atoms with E-state index in [1.165, 1.54) is 0 Å². The van der Waals surface area contributed by atoms with Gasteiger partial charge in [0, 0.05) is 26.9 Å². The van der Waals surface area contributed by atoms with Crippen molar-refractivity contribution in [2.24, 2.45) is 0 Å².